The molecule has 0 amide bonds. The van der Waals surface area contributed by atoms with Gasteiger partial charge in [-0.1, -0.05) is 11.6 Å². The Hall–Kier alpha value is -2.15. The highest BCUT2D eigenvalue weighted by Gasteiger charge is 2.19. The van der Waals surface area contributed by atoms with Gasteiger partial charge in [-0.15, -0.1) is 10.2 Å². The van der Waals surface area contributed by atoms with Crippen molar-refractivity contribution in [1.82, 2.24) is 20.2 Å². The summed E-state index contributed by atoms with van der Waals surface area (Å²) in [6.07, 6.45) is 3.92. The van der Waals surface area contributed by atoms with Gasteiger partial charge in [0.25, 0.3) is 0 Å². The van der Waals surface area contributed by atoms with Gasteiger partial charge < -0.3 is 14.4 Å². The Morgan fingerprint density at radius 1 is 1.14 bits per heavy atom. The SMILES string of the molecule is COc1ncc(-c2cc(N3CCCC3)c(Cl)nn2)c(OC)n1. The van der Waals surface area contributed by atoms with E-state index < -0.39 is 0 Å². The smallest absolute Gasteiger partial charge is 0.319 e. The Kier molecular flexibility index (Phi) is 4.24. The van der Waals surface area contributed by atoms with Crippen LogP contribution in [0.15, 0.2) is 12.3 Å². The third kappa shape index (κ3) is 2.76. The highest BCUT2D eigenvalue weighted by atomic mass is 35.5. The molecule has 0 spiro atoms. The fourth-order valence-corrected chi connectivity index (χ4v) is 2.67. The Balaban J connectivity index is 2.03. The molecule has 3 heterocycles. The number of aromatic nitrogens is 4. The van der Waals surface area contributed by atoms with Crippen molar-refractivity contribution in [2.75, 3.05) is 32.2 Å². The van der Waals surface area contributed by atoms with Gasteiger partial charge in [-0.25, -0.2) is 4.98 Å². The van der Waals surface area contributed by atoms with Crippen molar-refractivity contribution in [3.05, 3.63) is 17.4 Å². The molecule has 1 aliphatic heterocycles. The summed E-state index contributed by atoms with van der Waals surface area (Å²) >= 11 is 6.19. The lowest BCUT2D eigenvalue weighted by Gasteiger charge is -2.18. The fourth-order valence-electron chi connectivity index (χ4n) is 2.46. The number of nitrogens with zero attached hydrogens (tertiary/aromatic N) is 5. The zero-order valence-corrected chi connectivity index (χ0v) is 13.2. The van der Waals surface area contributed by atoms with E-state index in [4.69, 9.17) is 21.1 Å². The van der Waals surface area contributed by atoms with E-state index >= 15 is 0 Å². The third-order valence-electron chi connectivity index (χ3n) is 3.56. The molecule has 0 aromatic carbocycles. The van der Waals surface area contributed by atoms with Crippen LogP contribution >= 0.6 is 11.6 Å². The lowest BCUT2D eigenvalue weighted by Crippen LogP contribution is -2.18. The van der Waals surface area contributed by atoms with E-state index in [9.17, 15) is 0 Å². The fraction of sp³-hybridized carbons (Fsp3) is 0.429. The van der Waals surface area contributed by atoms with Gasteiger partial charge >= 0.3 is 6.01 Å². The van der Waals surface area contributed by atoms with Crippen molar-refractivity contribution >= 4 is 17.3 Å². The van der Waals surface area contributed by atoms with Crippen LogP contribution in [0.25, 0.3) is 11.3 Å². The van der Waals surface area contributed by atoms with Gasteiger partial charge in [0.15, 0.2) is 5.15 Å². The van der Waals surface area contributed by atoms with E-state index in [-0.39, 0.29) is 6.01 Å². The molecule has 3 rings (SSSR count). The van der Waals surface area contributed by atoms with Crippen LogP contribution in [0, 0.1) is 0 Å². The molecule has 1 fully saturated rings. The maximum Gasteiger partial charge on any atom is 0.319 e. The third-order valence-corrected chi connectivity index (χ3v) is 3.83. The average Bonchev–Trinajstić information content (AvgIpc) is 3.09. The van der Waals surface area contributed by atoms with E-state index in [1.54, 1.807) is 6.20 Å². The lowest BCUT2D eigenvalue weighted by molar-refractivity contribution is 0.353. The second-order valence-corrected chi connectivity index (χ2v) is 5.24. The standard InChI is InChI=1S/C14H16ClN5O2/c1-21-13-9(8-16-14(17-13)22-2)10-7-11(12(15)19-18-10)20-5-3-4-6-20/h7-8H,3-6H2,1-2H3. The molecule has 0 radical (unpaired) electrons. The Labute approximate surface area is 133 Å². The number of anilines is 1. The first-order valence-electron chi connectivity index (χ1n) is 6.96. The molecular formula is C14H16ClN5O2. The molecule has 1 aliphatic rings. The normalized spacial score (nSPS) is 14.2. The number of hydrogen-bond donors (Lipinski definition) is 0. The molecule has 0 atom stereocenters. The molecule has 0 unspecified atom stereocenters. The molecule has 7 nitrogen and oxygen atoms in total. The summed E-state index contributed by atoms with van der Waals surface area (Å²) in [6.45, 7) is 1.95. The highest BCUT2D eigenvalue weighted by Crippen LogP contribution is 2.33. The van der Waals surface area contributed by atoms with Crippen LogP contribution in [0.5, 0.6) is 11.9 Å². The number of ether oxygens (including phenoxy) is 2. The zero-order valence-electron chi connectivity index (χ0n) is 12.4. The van der Waals surface area contributed by atoms with Crippen molar-refractivity contribution in [2.45, 2.75) is 12.8 Å². The van der Waals surface area contributed by atoms with E-state index in [0.29, 0.717) is 22.3 Å². The minimum absolute atomic E-state index is 0.238. The molecule has 0 aliphatic carbocycles. The maximum absolute atomic E-state index is 6.19. The number of hydrogen-bond acceptors (Lipinski definition) is 7. The van der Waals surface area contributed by atoms with Gasteiger partial charge in [0.1, 0.15) is 5.69 Å². The lowest BCUT2D eigenvalue weighted by atomic mass is 10.2. The number of halogens is 1. The number of rotatable bonds is 4. The summed E-state index contributed by atoms with van der Waals surface area (Å²) in [7, 11) is 3.04. The van der Waals surface area contributed by atoms with Gasteiger partial charge in [-0.05, 0) is 18.9 Å². The molecule has 2 aromatic rings. The van der Waals surface area contributed by atoms with Gasteiger partial charge in [0, 0.05) is 19.3 Å². The maximum atomic E-state index is 6.19. The molecule has 0 bridgehead atoms. The first-order valence-corrected chi connectivity index (χ1v) is 7.34. The minimum atomic E-state index is 0.238. The first kappa shape index (κ1) is 14.8. The second-order valence-electron chi connectivity index (χ2n) is 4.88. The van der Waals surface area contributed by atoms with Crippen LogP contribution in [0.2, 0.25) is 5.15 Å². The second kappa shape index (κ2) is 6.31. The molecule has 22 heavy (non-hydrogen) atoms. The predicted molar refractivity (Wildman–Crippen MR) is 82.6 cm³/mol. The Morgan fingerprint density at radius 2 is 1.91 bits per heavy atom. The molecule has 1 saturated heterocycles. The van der Waals surface area contributed by atoms with Gasteiger partial charge in [-0.3, -0.25) is 0 Å². The summed E-state index contributed by atoms with van der Waals surface area (Å²) in [4.78, 5) is 10.5. The summed E-state index contributed by atoms with van der Waals surface area (Å²) in [5, 5.41) is 8.59. The van der Waals surface area contributed by atoms with Gasteiger partial charge in [0.05, 0.1) is 25.5 Å². The monoisotopic (exact) mass is 321 g/mol. The average molecular weight is 322 g/mol. The molecule has 116 valence electrons. The molecule has 8 heteroatoms. The Morgan fingerprint density at radius 3 is 2.59 bits per heavy atom. The first-order chi connectivity index (χ1) is 10.7. The van der Waals surface area contributed by atoms with Crippen LogP contribution in [0.1, 0.15) is 12.8 Å². The van der Waals surface area contributed by atoms with Crippen molar-refractivity contribution in [2.24, 2.45) is 0 Å². The summed E-state index contributed by atoms with van der Waals surface area (Å²) in [6, 6.07) is 2.14. The van der Waals surface area contributed by atoms with Crippen LogP contribution in [-0.2, 0) is 0 Å². The van der Waals surface area contributed by atoms with Gasteiger partial charge in [0.2, 0.25) is 5.88 Å². The molecule has 0 N–H and O–H groups in total. The molecule has 0 saturated carbocycles. The largest absolute Gasteiger partial charge is 0.480 e. The molecular weight excluding hydrogens is 306 g/mol. The van der Waals surface area contributed by atoms with Crippen LogP contribution < -0.4 is 14.4 Å². The number of methoxy groups -OCH3 is 2. The van der Waals surface area contributed by atoms with E-state index in [0.717, 1.165) is 31.6 Å². The summed E-state index contributed by atoms with van der Waals surface area (Å²) < 4.78 is 10.3. The van der Waals surface area contributed by atoms with E-state index in [1.165, 1.54) is 14.2 Å². The van der Waals surface area contributed by atoms with Crippen molar-refractivity contribution in [3.8, 4) is 23.1 Å². The highest BCUT2D eigenvalue weighted by molar-refractivity contribution is 6.32. The van der Waals surface area contributed by atoms with Crippen molar-refractivity contribution < 1.29 is 9.47 Å². The summed E-state index contributed by atoms with van der Waals surface area (Å²) in [5.74, 6) is 0.385. The Bertz CT molecular complexity index is 676. The predicted octanol–water partition coefficient (Wildman–Crippen LogP) is 2.20. The molecule has 2 aromatic heterocycles. The van der Waals surface area contributed by atoms with E-state index in [2.05, 4.69) is 25.1 Å². The minimum Gasteiger partial charge on any atom is -0.480 e. The van der Waals surface area contributed by atoms with Crippen LogP contribution in [-0.4, -0.2) is 47.5 Å². The zero-order chi connectivity index (χ0) is 15.5. The van der Waals surface area contributed by atoms with Crippen molar-refractivity contribution in [3.63, 3.8) is 0 Å². The van der Waals surface area contributed by atoms with Gasteiger partial charge in [-0.2, -0.15) is 4.98 Å². The van der Waals surface area contributed by atoms with Crippen molar-refractivity contribution in [1.29, 1.82) is 0 Å². The topological polar surface area (TPSA) is 73.3 Å². The quantitative estimate of drug-likeness (QED) is 0.854. The van der Waals surface area contributed by atoms with Crippen LogP contribution in [0.4, 0.5) is 5.69 Å². The summed E-state index contributed by atoms with van der Waals surface area (Å²) in [5.41, 5.74) is 2.14. The van der Waals surface area contributed by atoms with E-state index in [1.807, 2.05) is 6.07 Å². The van der Waals surface area contributed by atoms with Crippen LogP contribution in [0.3, 0.4) is 0 Å².